The van der Waals surface area contributed by atoms with Crippen LogP contribution in [0.5, 0.6) is 0 Å². The minimum Gasteiger partial charge on any atom is -0.480 e. The summed E-state index contributed by atoms with van der Waals surface area (Å²) in [4.78, 5) is 9.57. The lowest BCUT2D eigenvalue weighted by Gasteiger charge is -1.90. The largest absolute Gasteiger partial charge is 0.480 e. The fourth-order valence-corrected chi connectivity index (χ4v) is 0. The number of nitrogens with two attached hydrogens (primary N) is 1. The average molecular weight is 89.1 g/mol. The fraction of sp³-hybridized carbons (Fsp3) is 0.667. The molecular weight excluding hydrogens is 82.0 g/mol. The maximum Gasteiger partial charge on any atom is 0.320 e. The number of hydrogen-bond donors (Lipinski definition) is 2. The van der Waals surface area contributed by atoms with E-state index in [1.54, 1.807) is 0 Å². The van der Waals surface area contributed by atoms with Crippen LogP contribution in [-0.4, -0.2) is 17.1 Å². The molecule has 0 saturated heterocycles. The molecule has 3 heteroatoms. The predicted molar refractivity (Wildman–Crippen MR) is 21.3 cm³/mol. The Morgan fingerprint density at radius 3 is 2.17 bits per heavy atom. The molecule has 0 bridgehead atoms. The first-order valence-electron chi connectivity index (χ1n) is 1.63. The molecule has 0 rings (SSSR count). The number of carbonyl (C=O) groups is 1. The molecule has 0 aromatic heterocycles. The van der Waals surface area contributed by atoms with Crippen LogP contribution in [0.1, 0.15) is 6.92 Å². The smallest absolute Gasteiger partial charge is 0.320 e. The molecule has 3 nitrogen and oxygen atoms in total. The van der Waals surface area contributed by atoms with Crippen LogP contribution in [-0.2, 0) is 4.79 Å². The maximum absolute atomic E-state index is 9.57. The van der Waals surface area contributed by atoms with E-state index in [0.717, 1.165) is 0 Å². The molecule has 36 valence electrons. The van der Waals surface area contributed by atoms with E-state index in [-0.39, 0.29) is 0 Å². The Labute approximate surface area is 35.8 Å². The first-order valence-corrected chi connectivity index (χ1v) is 1.63. The first kappa shape index (κ1) is 5.43. The van der Waals surface area contributed by atoms with Crippen LogP contribution < -0.4 is 5.73 Å². The SMILES string of the molecule is [12CH3][12C@H](N)[12C](=O)O. The van der Waals surface area contributed by atoms with Gasteiger partial charge in [-0.2, -0.15) is 0 Å². The summed E-state index contributed by atoms with van der Waals surface area (Å²) < 4.78 is 0. The van der Waals surface area contributed by atoms with Crippen molar-refractivity contribution in [2.24, 2.45) is 5.73 Å². The molecule has 0 fully saturated rings. The third kappa shape index (κ3) is 1.72. The highest BCUT2D eigenvalue weighted by molar-refractivity contribution is 5.72. The molecule has 0 aromatic rings. The van der Waals surface area contributed by atoms with Crippen molar-refractivity contribution in [2.45, 2.75) is 13.0 Å². The van der Waals surface area contributed by atoms with Gasteiger partial charge in [-0.05, 0) is 6.92 Å². The van der Waals surface area contributed by atoms with E-state index in [2.05, 4.69) is 0 Å². The lowest BCUT2D eigenvalue weighted by Crippen LogP contribution is -2.25. The van der Waals surface area contributed by atoms with Gasteiger partial charge in [-0.3, -0.25) is 4.79 Å². The van der Waals surface area contributed by atoms with Gasteiger partial charge in [0.05, 0.1) is 0 Å². The average Bonchev–Trinajstić information content (AvgIpc) is 1.36. The zero-order chi connectivity index (χ0) is 5.15. The van der Waals surface area contributed by atoms with E-state index in [1.165, 1.54) is 6.92 Å². The van der Waals surface area contributed by atoms with Crippen LogP contribution in [0, 0.1) is 0 Å². The highest BCUT2D eigenvalue weighted by atomic mass is 16.4. The summed E-state index contributed by atoms with van der Waals surface area (Å²) in [5.74, 6) is -0.963. The second-order valence-corrected chi connectivity index (χ2v) is 1.13. The van der Waals surface area contributed by atoms with Gasteiger partial charge in [-0.25, -0.2) is 0 Å². The summed E-state index contributed by atoms with van der Waals surface area (Å²) in [5.41, 5.74) is 4.84. The molecule has 0 radical (unpaired) electrons. The van der Waals surface area contributed by atoms with Crippen molar-refractivity contribution in [3.63, 3.8) is 0 Å². The lowest BCUT2D eigenvalue weighted by molar-refractivity contribution is -0.138. The van der Waals surface area contributed by atoms with Gasteiger partial charge in [0.1, 0.15) is 6.04 Å². The van der Waals surface area contributed by atoms with Crippen LogP contribution in [0.3, 0.4) is 0 Å². The Morgan fingerprint density at radius 2 is 2.17 bits per heavy atom. The predicted octanol–water partition coefficient (Wildman–Crippen LogP) is -0.582. The highest BCUT2D eigenvalue weighted by Crippen LogP contribution is 1.68. The lowest BCUT2D eigenvalue weighted by atomic mass is 10.4. The van der Waals surface area contributed by atoms with Crippen molar-refractivity contribution >= 4 is 5.97 Å². The van der Waals surface area contributed by atoms with Gasteiger partial charge in [-0.1, -0.05) is 0 Å². The molecule has 0 aromatic carbocycles. The summed E-state index contributed by atoms with van der Waals surface area (Å²) >= 11 is 0. The van der Waals surface area contributed by atoms with Gasteiger partial charge in [0.25, 0.3) is 0 Å². The quantitative estimate of drug-likeness (QED) is 0.451. The summed E-state index contributed by atoms with van der Waals surface area (Å²) in [7, 11) is 0. The Bertz CT molecular complexity index is 59.8. The van der Waals surface area contributed by atoms with E-state index in [1.807, 2.05) is 0 Å². The summed E-state index contributed by atoms with van der Waals surface area (Å²) in [6, 6.07) is -0.731. The van der Waals surface area contributed by atoms with Gasteiger partial charge in [0, 0.05) is 0 Å². The molecule has 0 amide bonds. The van der Waals surface area contributed by atoms with Crippen LogP contribution in [0.2, 0.25) is 0 Å². The first-order chi connectivity index (χ1) is 2.64. The van der Waals surface area contributed by atoms with Crippen molar-refractivity contribution < 1.29 is 9.90 Å². The van der Waals surface area contributed by atoms with Crippen LogP contribution in [0.25, 0.3) is 0 Å². The molecule has 0 spiro atoms. The summed E-state index contributed by atoms with van der Waals surface area (Å²) in [6.07, 6.45) is 0. The topological polar surface area (TPSA) is 63.3 Å². The molecule has 0 heterocycles. The van der Waals surface area contributed by atoms with Crippen molar-refractivity contribution in [3.8, 4) is 0 Å². The zero-order valence-corrected chi connectivity index (χ0v) is 3.51. The summed E-state index contributed by atoms with van der Waals surface area (Å²) in [5, 5.41) is 7.87. The highest BCUT2D eigenvalue weighted by Gasteiger charge is 1.99. The van der Waals surface area contributed by atoms with Gasteiger partial charge >= 0.3 is 5.97 Å². The number of carboxylic acid groups (broad SMARTS) is 1. The minimum atomic E-state index is -0.963. The van der Waals surface area contributed by atoms with Crippen LogP contribution in [0.4, 0.5) is 0 Å². The second-order valence-electron chi connectivity index (χ2n) is 1.13. The Morgan fingerprint density at radius 1 is 2.00 bits per heavy atom. The number of aliphatic carboxylic acids is 1. The standard InChI is InChI=1S/C3H7NO2/c1-2(4)3(5)6/h2H,4H2,1H3,(H,5,6)/t2-/m0/s1/i1+0,2+0,3+0. The molecule has 0 aliphatic rings. The van der Waals surface area contributed by atoms with E-state index in [4.69, 9.17) is 10.8 Å². The molecule has 0 aliphatic heterocycles. The molecular formula is C3H7NO2. The second kappa shape index (κ2) is 1.77. The Hall–Kier alpha value is -0.570. The number of rotatable bonds is 1. The Balaban J connectivity index is 3.26. The maximum atomic E-state index is 9.57. The van der Waals surface area contributed by atoms with Crippen LogP contribution in [0.15, 0.2) is 0 Å². The summed E-state index contributed by atoms with van der Waals surface area (Å²) in [6.45, 7) is 1.42. The zero-order valence-electron chi connectivity index (χ0n) is 3.51. The van der Waals surface area contributed by atoms with Gasteiger partial charge in [-0.15, -0.1) is 0 Å². The third-order valence-electron chi connectivity index (χ3n) is 0.390. The number of carboxylic acids is 1. The van der Waals surface area contributed by atoms with Crippen molar-refractivity contribution in [1.29, 1.82) is 0 Å². The van der Waals surface area contributed by atoms with Crippen molar-refractivity contribution in [1.82, 2.24) is 0 Å². The van der Waals surface area contributed by atoms with E-state index < -0.39 is 12.0 Å². The van der Waals surface area contributed by atoms with Gasteiger partial charge in [0.15, 0.2) is 0 Å². The molecule has 0 saturated carbocycles. The van der Waals surface area contributed by atoms with Crippen molar-refractivity contribution in [2.75, 3.05) is 0 Å². The fourth-order valence-electron chi connectivity index (χ4n) is 0. The third-order valence-corrected chi connectivity index (χ3v) is 0.390. The van der Waals surface area contributed by atoms with E-state index in [0.29, 0.717) is 0 Å². The molecule has 3 N–H and O–H groups in total. The monoisotopic (exact) mass is 89.0 g/mol. The van der Waals surface area contributed by atoms with E-state index >= 15 is 0 Å². The van der Waals surface area contributed by atoms with Gasteiger partial charge < -0.3 is 10.8 Å². The number of hydrogen-bond acceptors (Lipinski definition) is 2. The minimum absolute atomic E-state index is 0.731. The molecule has 1 atom stereocenters. The molecule has 0 unspecified atom stereocenters. The molecule has 0 aliphatic carbocycles. The Kier molecular flexibility index (Phi) is 1.60. The molecule has 6 heavy (non-hydrogen) atoms. The van der Waals surface area contributed by atoms with Crippen LogP contribution >= 0.6 is 0 Å². The van der Waals surface area contributed by atoms with E-state index in [9.17, 15) is 4.79 Å². The van der Waals surface area contributed by atoms with Gasteiger partial charge in [0.2, 0.25) is 0 Å². The van der Waals surface area contributed by atoms with Crippen molar-refractivity contribution in [3.05, 3.63) is 0 Å². The normalized spacial score (nSPS) is 13.7.